The summed E-state index contributed by atoms with van der Waals surface area (Å²) in [4.78, 5) is 0. The molecule has 1 unspecified atom stereocenters. The van der Waals surface area contributed by atoms with E-state index in [4.69, 9.17) is 0 Å². The number of aromatic nitrogens is 2. The lowest BCUT2D eigenvalue weighted by Gasteiger charge is -2.14. The van der Waals surface area contributed by atoms with Crippen LogP contribution >= 0.6 is 0 Å². The molecule has 2 aromatic rings. The second-order valence-corrected chi connectivity index (χ2v) is 5.13. The van der Waals surface area contributed by atoms with Crippen LogP contribution in [0.15, 0.2) is 36.4 Å². The molecule has 0 aliphatic heterocycles. The second kappa shape index (κ2) is 7.15. The van der Waals surface area contributed by atoms with Crippen molar-refractivity contribution in [1.29, 1.82) is 0 Å². The normalized spacial score (nSPS) is 12.3. The van der Waals surface area contributed by atoms with Crippen molar-refractivity contribution in [2.75, 3.05) is 0 Å². The van der Waals surface area contributed by atoms with E-state index in [0.29, 0.717) is 0 Å². The molecule has 0 bridgehead atoms. The average Bonchev–Trinajstić information content (AvgIpc) is 2.48. The molecule has 1 N–H and O–H groups in total. The first-order chi connectivity index (χ1) is 9.70. The van der Waals surface area contributed by atoms with E-state index >= 15 is 0 Å². The molecule has 3 heteroatoms. The van der Waals surface area contributed by atoms with Gasteiger partial charge >= 0.3 is 0 Å². The van der Waals surface area contributed by atoms with Crippen LogP contribution in [0.4, 0.5) is 0 Å². The number of rotatable bonds is 6. The highest BCUT2D eigenvalue weighted by atomic mass is 16.3. The quantitative estimate of drug-likeness (QED) is 0.875. The molecule has 20 heavy (non-hydrogen) atoms. The van der Waals surface area contributed by atoms with Crippen LogP contribution in [0.2, 0.25) is 0 Å². The molecule has 106 valence electrons. The maximum Gasteiger partial charge on any atom is 0.0809 e. The van der Waals surface area contributed by atoms with Crippen molar-refractivity contribution in [3.63, 3.8) is 0 Å². The molecule has 0 fully saturated rings. The molecule has 0 spiro atoms. The summed E-state index contributed by atoms with van der Waals surface area (Å²) in [5.41, 5.74) is 4.02. The van der Waals surface area contributed by atoms with E-state index in [1.807, 2.05) is 26.0 Å². The van der Waals surface area contributed by atoms with E-state index in [-0.39, 0.29) is 0 Å². The second-order valence-electron chi connectivity index (χ2n) is 5.13. The minimum Gasteiger partial charge on any atom is -0.388 e. The molecule has 1 atom stereocenters. The summed E-state index contributed by atoms with van der Waals surface area (Å²) in [7, 11) is 0. The number of hydrogen-bond donors (Lipinski definition) is 1. The van der Waals surface area contributed by atoms with Gasteiger partial charge in [0.15, 0.2) is 0 Å². The molecule has 1 aromatic carbocycles. The van der Waals surface area contributed by atoms with Crippen molar-refractivity contribution in [2.45, 2.75) is 45.6 Å². The largest absolute Gasteiger partial charge is 0.388 e. The molecule has 0 radical (unpaired) electrons. The van der Waals surface area contributed by atoms with E-state index in [2.05, 4.69) is 34.5 Å². The van der Waals surface area contributed by atoms with Crippen molar-refractivity contribution in [3.05, 3.63) is 58.9 Å². The monoisotopic (exact) mass is 270 g/mol. The maximum atomic E-state index is 10.4. The van der Waals surface area contributed by atoms with Gasteiger partial charge in [0, 0.05) is 5.56 Å². The molecule has 0 amide bonds. The summed E-state index contributed by atoms with van der Waals surface area (Å²) >= 11 is 0. The number of hydrogen-bond acceptors (Lipinski definition) is 3. The molecular weight excluding hydrogens is 248 g/mol. The van der Waals surface area contributed by atoms with Gasteiger partial charge in [-0.05, 0) is 44.2 Å². The Morgan fingerprint density at radius 3 is 2.60 bits per heavy atom. The zero-order chi connectivity index (χ0) is 14.4. The third-order valence-corrected chi connectivity index (χ3v) is 3.51. The van der Waals surface area contributed by atoms with Crippen LogP contribution in [0.5, 0.6) is 0 Å². The Morgan fingerprint density at radius 1 is 1.15 bits per heavy atom. The lowest BCUT2D eigenvalue weighted by atomic mass is 9.99. The van der Waals surface area contributed by atoms with Crippen LogP contribution in [-0.2, 0) is 12.8 Å². The molecule has 3 nitrogen and oxygen atoms in total. The highest BCUT2D eigenvalue weighted by Crippen LogP contribution is 2.22. The van der Waals surface area contributed by atoms with Gasteiger partial charge in [-0.15, -0.1) is 0 Å². The van der Waals surface area contributed by atoms with Gasteiger partial charge in [0.25, 0.3) is 0 Å². The minimum absolute atomic E-state index is 0.442. The SMILES string of the molecule is CCc1nnc(C)cc1C(O)CCCc1ccccc1. The number of benzene rings is 1. The van der Waals surface area contributed by atoms with Crippen molar-refractivity contribution >= 4 is 0 Å². The van der Waals surface area contributed by atoms with E-state index in [9.17, 15) is 5.11 Å². The number of aliphatic hydroxyl groups excluding tert-OH is 1. The van der Waals surface area contributed by atoms with Gasteiger partial charge in [-0.1, -0.05) is 37.3 Å². The zero-order valence-electron chi connectivity index (χ0n) is 12.2. The Labute approximate surface area is 120 Å². The van der Waals surface area contributed by atoms with Crippen molar-refractivity contribution < 1.29 is 5.11 Å². The van der Waals surface area contributed by atoms with Crippen LogP contribution in [0, 0.1) is 6.92 Å². The van der Waals surface area contributed by atoms with Gasteiger partial charge in [0.2, 0.25) is 0 Å². The summed E-state index contributed by atoms with van der Waals surface area (Å²) < 4.78 is 0. The van der Waals surface area contributed by atoms with Gasteiger partial charge < -0.3 is 5.11 Å². The summed E-state index contributed by atoms with van der Waals surface area (Å²) in [5.74, 6) is 0. The van der Waals surface area contributed by atoms with E-state index in [1.165, 1.54) is 5.56 Å². The lowest BCUT2D eigenvalue weighted by molar-refractivity contribution is 0.163. The van der Waals surface area contributed by atoms with Gasteiger partial charge in [0.1, 0.15) is 0 Å². The molecule has 0 saturated carbocycles. The van der Waals surface area contributed by atoms with Crippen LogP contribution in [0.1, 0.15) is 48.4 Å². The predicted molar refractivity (Wildman–Crippen MR) is 80.5 cm³/mol. The topological polar surface area (TPSA) is 46.0 Å². The Morgan fingerprint density at radius 2 is 1.90 bits per heavy atom. The molecule has 1 heterocycles. The lowest BCUT2D eigenvalue weighted by Crippen LogP contribution is -2.07. The van der Waals surface area contributed by atoms with Gasteiger partial charge in [-0.3, -0.25) is 0 Å². The van der Waals surface area contributed by atoms with Crippen LogP contribution in [0.25, 0.3) is 0 Å². The van der Waals surface area contributed by atoms with E-state index in [1.54, 1.807) is 0 Å². The molecule has 0 aliphatic carbocycles. The van der Waals surface area contributed by atoms with E-state index < -0.39 is 6.10 Å². The highest BCUT2D eigenvalue weighted by molar-refractivity contribution is 5.23. The van der Waals surface area contributed by atoms with Gasteiger partial charge in [-0.25, -0.2) is 0 Å². The summed E-state index contributed by atoms with van der Waals surface area (Å²) in [6.45, 7) is 3.95. The van der Waals surface area contributed by atoms with E-state index in [0.717, 1.165) is 42.6 Å². The standard InChI is InChI=1S/C17H22N2O/c1-3-16-15(12-13(2)18-19-16)17(20)11-7-10-14-8-5-4-6-9-14/h4-6,8-9,12,17,20H,3,7,10-11H2,1-2H3. The Hall–Kier alpha value is -1.74. The first kappa shape index (κ1) is 14.7. The summed E-state index contributed by atoms with van der Waals surface area (Å²) in [6.07, 6.45) is 3.08. The summed E-state index contributed by atoms with van der Waals surface area (Å²) in [5, 5.41) is 18.6. The Kier molecular flexibility index (Phi) is 5.24. The van der Waals surface area contributed by atoms with Crippen molar-refractivity contribution in [3.8, 4) is 0 Å². The zero-order valence-corrected chi connectivity index (χ0v) is 12.2. The van der Waals surface area contributed by atoms with Crippen molar-refractivity contribution in [2.24, 2.45) is 0 Å². The average molecular weight is 270 g/mol. The fourth-order valence-corrected chi connectivity index (χ4v) is 2.40. The molecule has 0 saturated heterocycles. The molecule has 1 aromatic heterocycles. The fraction of sp³-hybridized carbons (Fsp3) is 0.412. The Bertz CT molecular complexity index is 540. The molecule has 0 aliphatic rings. The van der Waals surface area contributed by atoms with Crippen LogP contribution < -0.4 is 0 Å². The fourth-order valence-electron chi connectivity index (χ4n) is 2.40. The first-order valence-electron chi connectivity index (χ1n) is 7.25. The number of nitrogens with zero attached hydrogens (tertiary/aromatic N) is 2. The van der Waals surface area contributed by atoms with Crippen LogP contribution in [-0.4, -0.2) is 15.3 Å². The number of aliphatic hydroxyl groups is 1. The van der Waals surface area contributed by atoms with Gasteiger partial charge in [-0.2, -0.15) is 10.2 Å². The first-order valence-corrected chi connectivity index (χ1v) is 7.25. The third-order valence-electron chi connectivity index (χ3n) is 3.51. The summed E-state index contributed by atoms with van der Waals surface area (Å²) in [6, 6.07) is 12.3. The molecular formula is C17H22N2O. The van der Waals surface area contributed by atoms with Gasteiger partial charge in [0.05, 0.1) is 17.5 Å². The number of aryl methyl sites for hydroxylation is 3. The molecule has 2 rings (SSSR count). The minimum atomic E-state index is -0.442. The smallest absolute Gasteiger partial charge is 0.0809 e. The highest BCUT2D eigenvalue weighted by Gasteiger charge is 2.13. The third kappa shape index (κ3) is 3.87. The Balaban J connectivity index is 1.95. The van der Waals surface area contributed by atoms with Crippen molar-refractivity contribution in [1.82, 2.24) is 10.2 Å². The predicted octanol–water partition coefficient (Wildman–Crippen LogP) is 3.40. The van der Waals surface area contributed by atoms with Crippen LogP contribution in [0.3, 0.4) is 0 Å². The maximum absolute atomic E-state index is 10.4.